The third kappa shape index (κ3) is 2.33. The van der Waals surface area contributed by atoms with E-state index in [1.54, 1.807) is 7.11 Å². The Balaban J connectivity index is 2.33. The summed E-state index contributed by atoms with van der Waals surface area (Å²) >= 11 is 0. The Labute approximate surface area is 101 Å². The van der Waals surface area contributed by atoms with Gasteiger partial charge < -0.3 is 9.72 Å². The fourth-order valence-corrected chi connectivity index (χ4v) is 1.83. The summed E-state index contributed by atoms with van der Waals surface area (Å²) in [5.74, 6) is 1.17. The average molecular weight is 231 g/mol. The monoisotopic (exact) mass is 231 g/mol. The van der Waals surface area contributed by atoms with Gasteiger partial charge in [0.05, 0.1) is 7.11 Å². The van der Waals surface area contributed by atoms with Gasteiger partial charge in [0, 0.05) is 35.5 Å². The fraction of sp³-hybridized carbons (Fsp3) is 0.357. The normalized spacial score (nSPS) is 11.1. The molecule has 0 spiro atoms. The number of rotatable bonds is 4. The molecule has 2 rings (SSSR count). The summed E-state index contributed by atoms with van der Waals surface area (Å²) in [6, 6.07) is 5.85. The molecule has 0 saturated carbocycles. The Kier molecular flexibility index (Phi) is 3.18. The van der Waals surface area contributed by atoms with Gasteiger partial charge in [-0.05, 0) is 17.7 Å². The Morgan fingerprint density at radius 1 is 1.41 bits per heavy atom. The summed E-state index contributed by atoms with van der Waals surface area (Å²) < 4.78 is 5.16. The number of ketones is 1. The van der Waals surface area contributed by atoms with Crippen LogP contribution in [0.15, 0.2) is 24.4 Å². The maximum atomic E-state index is 11.7. The van der Waals surface area contributed by atoms with E-state index in [1.165, 1.54) is 0 Å². The number of aromatic nitrogens is 1. The van der Waals surface area contributed by atoms with E-state index in [1.807, 2.05) is 38.2 Å². The maximum absolute atomic E-state index is 11.7. The third-order valence-corrected chi connectivity index (χ3v) is 2.98. The number of aromatic amines is 1. The number of fused-ring (bicyclic) bond motifs is 1. The molecule has 1 N–H and O–H groups in total. The van der Waals surface area contributed by atoms with Crippen LogP contribution in [-0.4, -0.2) is 17.9 Å². The van der Waals surface area contributed by atoms with Crippen molar-refractivity contribution in [3.8, 4) is 5.75 Å². The van der Waals surface area contributed by atoms with Crippen molar-refractivity contribution in [2.75, 3.05) is 7.11 Å². The number of Topliss-reactive ketones (excluding diaryl/α,β-unsaturated/α-hetero) is 1. The first kappa shape index (κ1) is 11.7. The van der Waals surface area contributed by atoms with Crippen molar-refractivity contribution in [3.05, 3.63) is 30.0 Å². The van der Waals surface area contributed by atoms with Crippen molar-refractivity contribution >= 4 is 16.7 Å². The number of benzene rings is 1. The van der Waals surface area contributed by atoms with E-state index in [-0.39, 0.29) is 11.7 Å². The second kappa shape index (κ2) is 4.62. The summed E-state index contributed by atoms with van der Waals surface area (Å²) in [5.41, 5.74) is 2.07. The van der Waals surface area contributed by atoms with E-state index in [0.29, 0.717) is 6.42 Å². The standard InChI is InChI=1S/C14H17NO2/c1-9(2)14(16)6-10-8-15-13-7-11(17-3)4-5-12(10)13/h4-5,7-9,15H,6H2,1-3H3. The molecular weight excluding hydrogens is 214 g/mol. The first-order valence-electron chi connectivity index (χ1n) is 5.78. The van der Waals surface area contributed by atoms with Gasteiger partial charge in [0.25, 0.3) is 0 Å². The quantitative estimate of drug-likeness (QED) is 0.879. The van der Waals surface area contributed by atoms with Gasteiger partial charge in [-0.2, -0.15) is 0 Å². The molecule has 1 aromatic heterocycles. The Morgan fingerprint density at radius 2 is 2.18 bits per heavy atom. The lowest BCUT2D eigenvalue weighted by Crippen LogP contribution is -2.09. The van der Waals surface area contributed by atoms with E-state index in [4.69, 9.17) is 4.74 Å². The number of H-pyrrole nitrogens is 1. The average Bonchev–Trinajstić information content (AvgIpc) is 2.71. The van der Waals surface area contributed by atoms with Gasteiger partial charge >= 0.3 is 0 Å². The lowest BCUT2D eigenvalue weighted by molar-refractivity contribution is -0.121. The van der Waals surface area contributed by atoms with Gasteiger partial charge in [-0.3, -0.25) is 4.79 Å². The molecule has 17 heavy (non-hydrogen) atoms. The highest BCUT2D eigenvalue weighted by Crippen LogP contribution is 2.24. The number of nitrogens with one attached hydrogen (secondary N) is 1. The van der Waals surface area contributed by atoms with Gasteiger partial charge in [-0.1, -0.05) is 13.8 Å². The third-order valence-electron chi connectivity index (χ3n) is 2.98. The second-order valence-corrected chi connectivity index (χ2v) is 4.52. The number of carbonyl (C=O) groups is 1. The van der Waals surface area contributed by atoms with Crippen molar-refractivity contribution in [3.63, 3.8) is 0 Å². The highest BCUT2D eigenvalue weighted by molar-refractivity contribution is 5.90. The highest BCUT2D eigenvalue weighted by atomic mass is 16.5. The number of ether oxygens (including phenoxy) is 1. The fourth-order valence-electron chi connectivity index (χ4n) is 1.83. The molecule has 90 valence electrons. The highest BCUT2D eigenvalue weighted by Gasteiger charge is 2.12. The van der Waals surface area contributed by atoms with Gasteiger partial charge in [0.2, 0.25) is 0 Å². The Bertz CT molecular complexity index is 540. The number of hydrogen-bond donors (Lipinski definition) is 1. The molecule has 0 aliphatic heterocycles. The van der Waals surface area contributed by atoms with Gasteiger partial charge in [-0.25, -0.2) is 0 Å². The molecule has 0 bridgehead atoms. The van der Waals surface area contributed by atoms with Crippen molar-refractivity contribution in [2.45, 2.75) is 20.3 Å². The summed E-state index contributed by atoms with van der Waals surface area (Å²) in [6.07, 6.45) is 2.40. The van der Waals surface area contributed by atoms with Crippen molar-refractivity contribution in [1.82, 2.24) is 4.98 Å². The first-order valence-corrected chi connectivity index (χ1v) is 5.78. The van der Waals surface area contributed by atoms with Crippen molar-refractivity contribution in [1.29, 1.82) is 0 Å². The molecule has 0 aliphatic carbocycles. The number of hydrogen-bond acceptors (Lipinski definition) is 2. The molecule has 0 fully saturated rings. The largest absolute Gasteiger partial charge is 0.497 e. The minimum absolute atomic E-state index is 0.0817. The molecule has 0 atom stereocenters. The van der Waals surface area contributed by atoms with Crippen molar-refractivity contribution < 1.29 is 9.53 Å². The van der Waals surface area contributed by atoms with E-state index in [9.17, 15) is 4.79 Å². The smallest absolute Gasteiger partial charge is 0.139 e. The Morgan fingerprint density at radius 3 is 2.82 bits per heavy atom. The van der Waals surface area contributed by atoms with Crippen LogP contribution in [0.5, 0.6) is 5.75 Å². The summed E-state index contributed by atoms with van der Waals surface area (Å²) in [7, 11) is 1.65. The predicted octanol–water partition coefficient (Wildman–Crippen LogP) is 2.94. The number of carbonyl (C=O) groups excluding carboxylic acids is 1. The van der Waals surface area contributed by atoms with Crippen LogP contribution in [0.25, 0.3) is 10.9 Å². The maximum Gasteiger partial charge on any atom is 0.139 e. The molecule has 0 saturated heterocycles. The van der Waals surface area contributed by atoms with Gasteiger partial charge in [-0.15, -0.1) is 0 Å². The van der Waals surface area contributed by atoms with E-state index >= 15 is 0 Å². The predicted molar refractivity (Wildman–Crippen MR) is 68.4 cm³/mol. The summed E-state index contributed by atoms with van der Waals surface area (Å²) in [5, 5.41) is 1.10. The molecular formula is C14H17NO2. The van der Waals surface area contributed by atoms with E-state index < -0.39 is 0 Å². The van der Waals surface area contributed by atoms with Crippen LogP contribution in [0.1, 0.15) is 19.4 Å². The second-order valence-electron chi connectivity index (χ2n) is 4.52. The molecule has 2 aromatic rings. The van der Waals surface area contributed by atoms with Crippen LogP contribution in [0, 0.1) is 5.92 Å². The molecule has 0 amide bonds. The SMILES string of the molecule is COc1ccc2c(CC(=O)C(C)C)c[nH]c2c1. The van der Waals surface area contributed by atoms with Crippen LogP contribution in [-0.2, 0) is 11.2 Å². The van der Waals surface area contributed by atoms with Gasteiger partial charge in [0.15, 0.2) is 0 Å². The molecule has 0 unspecified atom stereocenters. The first-order chi connectivity index (χ1) is 8.11. The van der Waals surface area contributed by atoms with E-state index in [2.05, 4.69) is 4.98 Å². The van der Waals surface area contributed by atoms with Crippen LogP contribution in [0.3, 0.4) is 0 Å². The zero-order valence-corrected chi connectivity index (χ0v) is 10.4. The zero-order valence-electron chi connectivity index (χ0n) is 10.4. The molecule has 3 heteroatoms. The molecule has 1 aromatic carbocycles. The van der Waals surface area contributed by atoms with Crippen LogP contribution < -0.4 is 4.74 Å². The van der Waals surface area contributed by atoms with Gasteiger partial charge in [0.1, 0.15) is 11.5 Å². The van der Waals surface area contributed by atoms with Crippen molar-refractivity contribution in [2.24, 2.45) is 5.92 Å². The number of methoxy groups -OCH3 is 1. The Hall–Kier alpha value is -1.77. The molecule has 3 nitrogen and oxygen atoms in total. The minimum Gasteiger partial charge on any atom is -0.497 e. The summed E-state index contributed by atoms with van der Waals surface area (Å²) in [6.45, 7) is 3.86. The zero-order chi connectivity index (χ0) is 12.4. The topological polar surface area (TPSA) is 42.1 Å². The minimum atomic E-state index is 0.0817. The lowest BCUT2D eigenvalue weighted by Gasteiger charge is -2.03. The van der Waals surface area contributed by atoms with Crippen LogP contribution in [0.4, 0.5) is 0 Å². The molecule has 0 aliphatic rings. The summed E-state index contributed by atoms with van der Waals surface area (Å²) in [4.78, 5) is 14.9. The van der Waals surface area contributed by atoms with E-state index in [0.717, 1.165) is 22.2 Å². The molecule has 1 heterocycles. The lowest BCUT2D eigenvalue weighted by atomic mass is 10.0. The van der Waals surface area contributed by atoms with Crippen LogP contribution in [0.2, 0.25) is 0 Å². The van der Waals surface area contributed by atoms with Crippen LogP contribution >= 0.6 is 0 Å². The molecule has 0 radical (unpaired) electrons.